The second kappa shape index (κ2) is 8.56. The molecule has 0 bridgehead atoms. The SMILES string of the molecule is Cc1ccc(OCC(=O)N2CCN(Cc3ccc(Cl)cc3)CC2)cc1C. The van der Waals surface area contributed by atoms with Crippen molar-refractivity contribution in [1.29, 1.82) is 0 Å². The van der Waals surface area contributed by atoms with E-state index in [0.29, 0.717) is 0 Å². The lowest BCUT2D eigenvalue weighted by molar-refractivity contribution is -0.135. The highest BCUT2D eigenvalue weighted by molar-refractivity contribution is 6.30. The van der Waals surface area contributed by atoms with Crippen LogP contribution in [0.3, 0.4) is 0 Å². The van der Waals surface area contributed by atoms with Crippen molar-refractivity contribution >= 4 is 17.5 Å². The summed E-state index contributed by atoms with van der Waals surface area (Å²) in [4.78, 5) is 16.6. The number of halogens is 1. The van der Waals surface area contributed by atoms with Crippen LogP contribution in [0.4, 0.5) is 0 Å². The molecule has 0 spiro atoms. The summed E-state index contributed by atoms with van der Waals surface area (Å²) in [5.74, 6) is 0.803. The highest BCUT2D eigenvalue weighted by atomic mass is 35.5. The lowest BCUT2D eigenvalue weighted by Gasteiger charge is -2.34. The van der Waals surface area contributed by atoms with Gasteiger partial charge in [0.15, 0.2) is 6.61 Å². The Morgan fingerprint density at radius 3 is 2.35 bits per heavy atom. The highest BCUT2D eigenvalue weighted by Gasteiger charge is 2.21. The Balaban J connectivity index is 1.44. The topological polar surface area (TPSA) is 32.8 Å². The van der Waals surface area contributed by atoms with Crippen molar-refractivity contribution < 1.29 is 9.53 Å². The Kier molecular flexibility index (Phi) is 6.17. The third-order valence-electron chi connectivity index (χ3n) is 4.89. The number of aryl methyl sites for hydroxylation is 2. The van der Waals surface area contributed by atoms with Gasteiger partial charge in [0, 0.05) is 37.7 Å². The molecule has 138 valence electrons. The standard InChI is InChI=1S/C21H25ClN2O2/c1-16-3-8-20(13-17(16)2)26-15-21(25)24-11-9-23(10-12-24)14-18-4-6-19(22)7-5-18/h3-8,13H,9-12,14-15H2,1-2H3. The minimum atomic E-state index is 0.0503. The molecule has 1 amide bonds. The van der Waals surface area contributed by atoms with E-state index in [9.17, 15) is 4.79 Å². The summed E-state index contributed by atoms with van der Waals surface area (Å²) in [5.41, 5.74) is 3.64. The minimum absolute atomic E-state index is 0.0503. The van der Waals surface area contributed by atoms with Crippen LogP contribution < -0.4 is 4.74 Å². The number of piperazine rings is 1. The number of amides is 1. The van der Waals surface area contributed by atoms with Gasteiger partial charge in [-0.3, -0.25) is 9.69 Å². The van der Waals surface area contributed by atoms with Crippen molar-refractivity contribution in [1.82, 2.24) is 9.80 Å². The lowest BCUT2D eigenvalue weighted by atomic mass is 10.1. The molecule has 0 unspecified atom stereocenters. The van der Waals surface area contributed by atoms with Gasteiger partial charge >= 0.3 is 0 Å². The number of hydrogen-bond acceptors (Lipinski definition) is 3. The Morgan fingerprint density at radius 1 is 1.00 bits per heavy atom. The molecule has 0 aliphatic carbocycles. The van der Waals surface area contributed by atoms with E-state index in [1.807, 2.05) is 42.2 Å². The van der Waals surface area contributed by atoms with Gasteiger partial charge in [-0.15, -0.1) is 0 Å². The van der Waals surface area contributed by atoms with Gasteiger partial charge in [-0.25, -0.2) is 0 Å². The Bertz CT molecular complexity index is 753. The summed E-state index contributed by atoms with van der Waals surface area (Å²) in [6.07, 6.45) is 0. The molecule has 1 fully saturated rings. The fraction of sp³-hybridized carbons (Fsp3) is 0.381. The molecule has 1 heterocycles. The van der Waals surface area contributed by atoms with Crippen molar-refractivity contribution in [3.8, 4) is 5.75 Å². The van der Waals surface area contributed by atoms with Crippen LogP contribution in [0.5, 0.6) is 5.75 Å². The quantitative estimate of drug-likeness (QED) is 0.802. The third-order valence-corrected chi connectivity index (χ3v) is 5.14. The number of ether oxygens (including phenoxy) is 1. The predicted molar refractivity (Wildman–Crippen MR) is 105 cm³/mol. The molecule has 1 saturated heterocycles. The second-order valence-electron chi connectivity index (χ2n) is 6.82. The van der Waals surface area contributed by atoms with Crippen LogP contribution in [0, 0.1) is 13.8 Å². The lowest BCUT2D eigenvalue weighted by Crippen LogP contribution is -2.49. The molecule has 5 heteroatoms. The first kappa shape index (κ1) is 18.7. The van der Waals surface area contributed by atoms with E-state index in [1.54, 1.807) is 0 Å². The molecular weight excluding hydrogens is 348 g/mol. The van der Waals surface area contributed by atoms with E-state index in [-0.39, 0.29) is 12.5 Å². The van der Waals surface area contributed by atoms with Gasteiger partial charge in [0.05, 0.1) is 0 Å². The van der Waals surface area contributed by atoms with Crippen molar-refractivity contribution in [2.45, 2.75) is 20.4 Å². The number of carbonyl (C=O) groups is 1. The van der Waals surface area contributed by atoms with Crippen LogP contribution in [-0.4, -0.2) is 48.5 Å². The summed E-state index contributed by atoms with van der Waals surface area (Å²) in [6.45, 7) is 8.32. The number of rotatable bonds is 5. The van der Waals surface area contributed by atoms with Crippen molar-refractivity contribution in [2.75, 3.05) is 32.8 Å². The molecule has 0 radical (unpaired) electrons. The molecule has 1 aliphatic heterocycles. The van der Waals surface area contributed by atoms with Crippen LogP contribution in [0.15, 0.2) is 42.5 Å². The fourth-order valence-electron chi connectivity index (χ4n) is 3.04. The van der Waals surface area contributed by atoms with E-state index in [2.05, 4.69) is 24.0 Å². The molecule has 0 saturated carbocycles. The normalized spacial score (nSPS) is 15.1. The maximum atomic E-state index is 12.4. The predicted octanol–water partition coefficient (Wildman–Crippen LogP) is 3.68. The van der Waals surface area contributed by atoms with E-state index in [0.717, 1.165) is 43.5 Å². The average Bonchev–Trinajstić information content (AvgIpc) is 2.65. The largest absolute Gasteiger partial charge is 0.484 e. The molecule has 0 N–H and O–H groups in total. The summed E-state index contributed by atoms with van der Waals surface area (Å²) in [5, 5.41) is 0.757. The minimum Gasteiger partial charge on any atom is -0.484 e. The zero-order valence-corrected chi connectivity index (χ0v) is 16.1. The number of carbonyl (C=O) groups excluding carboxylic acids is 1. The smallest absolute Gasteiger partial charge is 0.260 e. The van der Waals surface area contributed by atoms with Gasteiger partial charge < -0.3 is 9.64 Å². The van der Waals surface area contributed by atoms with Crippen LogP contribution >= 0.6 is 11.6 Å². The molecular formula is C21H25ClN2O2. The maximum absolute atomic E-state index is 12.4. The van der Waals surface area contributed by atoms with Gasteiger partial charge in [-0.2, -0.15) is 0 Å². The van der Waals surface area contributed by atoms with Gasteiger partial charge in [0.25, 0.3) is 5.91 Å². The van der Waals surface area contributed by atoms with Crippen LogP contribution in [0.25, 0.3) is 0 Å². The molecule has 4 nitrogen and oxygen atoms in total. The molecule has 2 aromatic rings. The Morgan fingerprint density at radius 2 is 1.69 bits per heavy atom. The molecule has 1 aliphatic rings. The zero-order valence-electron chi connectivity index (χ0n) is 15.4. The molecule has 2 aromatic carbocycles. The first-order valence-electron chi connectivity index (χ1n) is 8.96. The van der Waals surface area contributed by atoms with E-state index in [1.165, 1.54) is 16.7 Å². The first-order valence-corrected chi connectivity index (χ1v) is 9.34. The first-order chi connectivity index (χ1) is 12.5. The second-order valence-corrected chi connectivity index (χ2v) is 7.25. The molecule has 0 aromatic heterocycles. The highest BCUT2D eigenvalue weighted by Crippen LogP contribution is 2.17. The Labute approximate surface area is 160 Å². The molecule has 3 rings (SSSR count). The molecule has 0 atom stereocenters. The monoisotopic (exact) mass is 372 g/mol. The number of benzene rings is 2. The average molecular weight is 373 g/mol. The summed E-state index contributed by atoms with van der Waals surface area (Å²) in [6, 6.07) is 13.9. The van der Waals surface area contributed by atoms with Crippen LogP contribution in [0.1, 0.15) is 16.7 Å². The Hall–Kier alpha value is -2.04. The van der Waals surface area contributed by atoms with E-state index in [4.69, 9.17) is 16.3 Å². The molecule has 26 heavy (non-hydrogen) atoms. The van der Waals surface area contributed by atoms with Crippen LogP contribution in [-0.2, 0) is 11.3 Å². The van der Waals surface area contributed by atoms with Crippen molar-refractivity contribution in [2.24, 2.45) is 0 Å². The van der Waals surface area contributed by atoms with Crippen LogP contribution in [0.2, 0.25) is 5.02 Å². The van der Waals surface area contributed by atoms with Gasteiger partial charge in [0.2, 0.25) is 0 Å². The van der Waals surface area contributed by atoms with E-state index < -0.39 is 0 Å². The van der Waals surface area contributed by atoms with E-state index >= 15 is 0 Å². The van der Waals surface area contributed by atoms with Gasteiger partial charge in [-0.1, -0.05) is 29.8 Å². The third kappa shape index (κ3) is 4.99. The van der Waals surface area contributed by atoms with Crippen molar-refractivity contribution in [3.63, 3.8) is 0 Å². The number of hydrogen-bond donors (Lipinski definition) is 0. The summed E-state index contributed by atoms with van der Waals surface area (Å²) < 4.78 is 5.67. The van der Waals surface area contributed by atoms with Crippen molar-refractivity contribution in [3.05, 3.63) is 64.2 Å². The number of nitrogens with zero attached hydrogens (tertiary/aromatic N) is 2. The summed E-state index contributed by atoms with van der Waals surface area (Å²) >= 11 is 5.93. The van der Waals surface area contributed by atoms with Gasteiger partial charge in [-0.05, 0) is 54.8 Å². The maximum Gasteiger partial charge on any atom is 0.260 e. The summed E-state index contributed by atoms with van der Waals surface area (Å²) in [7, 11) is 0. The zero-order chi connectivity index (χ0) is 18.5. The van der Waals surface area contributed by atoms with Gasteiger partial charge in [0.1, 0.15) is 5.75 Å². The fourth-order valence-corrected chi connectivity index (χ4v) is 3.17.